The molecule has 4 aromatic rings. The molecule has 1 saturated carbocycles. The minimum Gasteiger partial charge on any atom is -0.494 e. The van der Waals surface area contributed by atoms with Crippen molar-refractivity contribution in [2.24, 2.45) is 0 Å². The van der Waals surface area contributed by atoms with Gasteiger partial charge in [0.05, 0.1) is 36.7 Å². The van der Waals surface area contributed by atoms with Crippen LogP contribution in [0.3, 0.4) is 0 Å². The summed E-state index contributed by atoms with van der Waals surface area (Å²) in [5.41, 5.74) is 2.44. The van der Waals surface area contributed by atoms with Gasteiger partial charge in [-0.15, -0.1) is 5.10 Å². The van der Waals surface area contributed by atoms with Crippen molar-refractivity contribution in [3.05, 3.63) is 52.8 Å². The Morgan fingerprint density at radius 3 is 2.78 bits per heavy atom. The molecule has 1 unspecified atom stereocenters. The Hall–Kier alpha value is -3.18. The van der Waals surface area contributed by atoms with Crippen LogP contribution >= 0.6 is 22.9 Å². The Bertz CT molecular complexity index is 1340. The number of imidazole rings is 1. The average molecular weight is 477 g/mol. The molecule has 8 nitrogen and oxygen atoms in total. The number of carbonyl (C=O) groups is 1. The van der Waals surface area contributed by atoms with Gasteiger partial charge in [-0.2, -0.15) is 0 Å². The minimum absolute atomic E-state index is 0.201. The fraction of sp³-hybridized carbons (Fsp3) is 0.250. The first-order valence-corrected chi connectivity index (χ1v) is 10.7. The molecule has 0 spiro atoms. The van der Waals surface area contributed by atoms with Gasteiger partial charge in [-0.25, -0.2) is 23.3 Å². The van der Waals surface area contributed by atoms with Crippen LogP contribution < -0.4 is 10.1 Å². The normalized spacial score (nSPS) is 16.8. The Labute approximate surface area is 189 Å². The fourth-order valence-corrected chi connectivity index (χ4v) is 4.33. The lowest BCUT2D eigenvalue weighted by Crippen LogP contribution is -2.14. The van der Waals surface area contributed by atoms with Crippen LogP contribution in [0.15, 0.2) is 30.7 Å². The van der Waals surface area contributed by atoms with Crippen molar-refractivity contribution < 1.29 is 18.3 Å². The number of hydrogen-bond donors (Lipinski definition) is 1. The first kappa shape index (κ1) is 20.7. The lowest BCUT2D eigenvalue weighted by Gasteiger charge is -2.13. The van der Waals surface area contributed by atoms with Gasteiger partial charge >= 0.3 is 0 Å². The first-order valence-electron chi connectivity index (χ1n) is 9.47. The van der Waals surface area contributed by atoms with Crippen LogP contribution in [-0.2, 0) is 0 Å². The number of methoxy groups -OCH3 is 1. The summed E-state index contributed by atoms with van der Waals surface area (Å²) < 4.78 is 33.4. The van der Waals surface area contributed by atoms with Crippen LogP contribution in [0.4, 0.5) is 13.9 Å². The number of pyridine rings is 2. The molecule has 4 aromatic heterocycles. The van der Waals surface area contributed by atoms with Crippen molar-refractivity contribution in [3.63, 3.8) is 0 Å². The molecule has 5 rings (SSSR count). The third kappa shape index (κ3) is 3.67. The molecule has 1 atom stereocenters. The van der Waals surface area contributed by atoms with Crippen LogP contribution in [0, 0.1) is 6.92 Å². The van der Waals surface area contributed by atoms with Gasteiger partial charge in [0.25, 0.3) is 11.8 Å². The van der Waals surface area contributed by atoms with Gasteiger partial charge in [0.15, 0.2) is 0 Å². The number of rotatable bonds is 5. The molecule has 0 aromatic carbocycles. The van der Waals surface area contributed by atoms with Gasteiger partial charge < -0.3 is 4.74 Å². The van der Waals surface area contributed by atoms with Gasteiger partial charge in [0.1, 0.15) is 10.9 Å². The number of ether oxygens (including phenoxy) is 1. The van der Waals surface area contributed by atoms with Crippen LogP contribution in [-0.4, -0.2) is 43.5 Å². The molecule has 4 heterocycles. The lowest BCUT2D eigenvalue weighted by atomic mass is 10.0. The summed E-state index contributed by atoms with van der Waals surface area (Å²) in [6, 6.07) is 3.36. The van der Waals surface area contributed by atoms with E-state index in [0.717, 1.165) is 11.3 Å². The Morgan fingerprint density at radius 1 is 1.31 bits per heavy atom. The maximum Gasteiger partial charge on any atom is 0.259 e. The molecule has 1 fully saturated rings. The number of halogens is 3. The summed E-state index contributed by atoms with van der Waals surface area (Å²) in [6.45, 7) is 1.80. The average Bonchev–Trinajstić information content (AvgIpc) is 3.04. The Kier molecular flexibility index (Phi) is 4.82. The van der Waals surface area contributed by atoms with Crippen molar-refractivity contribution in [3.8, 4) is 16.9 Å². The molecule has 1 aliphatic rings. The van der Waals surface area contributed by atoms with Crippen molar-refractivity contribution >= 4 is 38.9 Å². The van der Waals surface area contributed by atoms with Crippen LogP contribution in [0.1, 0.15) is 34.1 Å². The van der Waals surface area contributed by atoms with E-state index >= 15 is 0 Å². The second-order valence-corrected chi connectivity index (χ2v) is 8.69. The second-order valence-electron chi connectivity index (χ2n) is 7.35. The number of nitrogens with one attached hydrogen (secondary N) is 1. The largest absolute Gasteiger partial charge is 0.494 e. The molecule has 12 heteroatoms. The minimum atomic E-state index is -2.70. The van der Waals surface area contributed by atoms with Gasteiger partial charge in [-0.3, -0.25) is 15.1 Å². The SMILES string of the molecule is COc1cnc(Cl)cc1-c1cc(C)ncc1C(=O)Nc1nn2cc(C3CC3(F)F)nc2s1. The monoisotopic (exact) mass is 476 g/mol. The highest BCUT2D eigenvalue weighted by atomic mass is 35.5. The smallest absolute Gasteiger partial charge is 0.259 e. The summed E-state index contributed by atoms with van der Waals surface area (Å²) in [4.78, 5) is 26.0. The van der Waals surface area contributed by atoms with E-state index in [1.54, 1.807) is 19.1 Å². The zero-order chi connectivity index (χ0) is 22.6. The maximum atomic E-state index is 13.3. The van der Waals surface area contributed by atoms with Gasteiger partial charge in [0, 0.05) is 29.4 Å². The zero-order valence-electron chi connectivity index (χ0n) is 16.8. The predicted molar refractivity (Wildman–Crippen MR) is 115 cm³/mol. The van der Waals surface area contributed by atoms with Crippen LogP contribution in [0.5, 0.6) is 5.75 Å². The third-order valence-corrected chi connectivity index (χ3v) is 6.14. The zero-order valence-corrected chi connectivity index (χ0v) is 18.3. The molecule has 0 aliphatic heterocycles. The molecule has 0 saturated heterocycles. The molecule has 1 N–H and O–H groups in total. The first-order chi connectivity index (χ1) is 15.2. The van der Waals surface area contributed by atoms with Gasteiger partial charge in [-0.05, 0) is 19.1 Å². The molecule has 1 amide bonds. The Balaban J connectivity index is 1.45. The third-order valence-electron chi connectivity index (χ3n) is 5.09. The number of fused-ring (bicyclic) bond motifs is 1. The molecular weight excluding hydrogens is 462 g/mol. The van der Waals surface area contributed by atoms with E-state index in [1.165, 1.54) is 30.2 Å². The quantitative estimate of drug-likeness (QED) is 0.423. The lowest BCUT2D eigenvalue weighted by molar-refractivity contribution is 0.102. The highest BCUT2D eigenvalue weighted by Gasteiger charge is 2.59. The Morgan fingerprint density at radius 2 is 2.09 bits per heavy atom. The van der Waals surface area contributed by atoms with Crippen molar-refractivity contribution in [2.45, 2.75) is 25.2 Å². The predicted octanol–water partition coefficient (Wildman–Crippen LogP) is 4.59. The number of aryl methyl sites for hydroxylation is 1. The molecule has 0 bridgehead atoms. The van der Waals surface area contributed by atoms with E-state index < -0.39 is 17.7 Å². The van der Waals surface area contributed by atoms with E-state index in [-0.39, 0.29) is 22.3 Å². The second kappa shape index (κ2) is 7.45. The van der Waals surface area contributed by atoms with Crippen molar-refractivity contribution in [1.82, 2.24) is 24.6 Å². The van der Waals surface area contributed by atoms with E-state index in [2.05, 4.69) is 25.4 Å². The van der Waals surface area contributed by atoms with Crippen LogP contribution in [0.2, 0.25) is 5.15 Å². The van der Waals surface area contributed by atoms with E-state index in [1.807, 2.05) is 0 Å². The summed E-state index contributed by atoms with van der Waals surface area (Å²) in [7, 11) is 1.50. The van der Waals surface area contributed by atoms with E-state index in [9.17, 15) is 13.6 Å². The molecule has 32 heavy (non-hydrogen) atoms. The number of carbonyl (C=O) groups excluding carboxylic acids is 1. The molecule has 0 radical (unpaired) electrons. The fourth-order valence-electron chi connectivity index (χ4n) is 3.39. The molecule has 164 valence electrons. The summed E-state index contributed by atoms with van der Waals surface area (Å²) in [5, 5.41) is 7.50. The standard InChI is InChI=1S/C20H15ClF2N6O2S/c1-9-3-10(11-4-16(21)25-7-15(11)31-2)12(6-24-9)17(30)27-18-28-29-8-14(26-19(29)32-18)13-5-20(13,22)23/h3-4,6-8,13H,5H2,1-2H3,(H,27,28,30). The topological polar surface area (TPSA) is 94.3 Å². The van der Waals surface area contributed by atoms with Gasteiger partial charge in [-0.1, -0.05) is 22.9 Å². The van der Waals surface area contributed by atoms with Crippen molar-refractivity contribution in [1.29, 1.82) is 0 Å². The molecule has 1 aliphatic carbocycles. The van der Waals surface area contributed by atoms with Crippen LogP contribution in [0.25, 0.3) is 16.1 Å². The number of nitrogens with zero attached hydrogens (tertiary/aromatic N) is 5. The molecular formula is C20H15ClF2N6O2S. The highest BCUT2D eigenvalue weighted by Crippen LogP contribution is 2.55. The number of aromatic nitrogens is 5. The number of alkyl halides is 2. The summed E-state index contributed by atoms with van der Waals surface area (Å²) >= 11 is 7.16. The summed E-state index contributed by atoms with van der Waals surface area (Å²) in [6.07, 6.45) is 4.20. The number of amides is 1. The van der Waals surface area contributed by atoms with Crippen molar-refractivity contribution in [2.75, 3.05) is 12.4 Å². The number of anilines is 1. The highest BCUT2D eigenvalue weighted by molar-refractivity contribution is 7.20. The number of hydrogen-bond acceptors (Lipinski definition) is 7. The van der Waals surface area contributed by atoms with E-state index in [0.29, 0.717) is 33.2 Å². The maximum absolute atomic E-state index is 13.3. The van der Waals surface area contributed by atoms with E-state index in [4.69, 9.17) is 16.3 Å². The van der Waals surface area contributed by atoms with Gasteiger partial charge in [0.2, 0.25) is 10.1 Å². The summed E-state index contributed by atoms with van der Waals surface area (Å²) in [5.74, 6) is -3.57.